The lowest BCUT2D eigenvalue weighted by Crippen LogP contribution is -2.24. The highest BCUT2D eigenvalue weighted by atomic mass is 19.4. The van der Waals surface area contributed by atoms with Crippen LogP contribution in [0.1, 0.15) is 18.1 Å². The van der Waals surface area contributed by atoms with Gasteiger partial charge in [-0.25, -0.2) is 0 Å². The van der Waals surface area contributed by atoms with Gasteiger partial charge in [-0.1, -0.05) is 0 Å². The van der Waals surface area contributed by atoms with Crippen LogP contribution < -0.4 is 10.6 Å². The van der Waals surface area contributed by atoms with Gasteiger partial charge in [-0.3, -0.25) is 5.41 Å². The van der Waals surface area contributed by atoms with E-state index in [1.165, 1.54) is 12.1 Å². The van der Waals surface area contributed by atoms with Gasteiger partial charge in [0.15, 0.2) is 0 Å². The highest BCUT2D eigenvalue weighted by Crippen LogP contribution is 2.33. The standard InChI is InChI=1S/C13H18F3N3O/c1-3-20-7-6-19(2)9-4-5-11(13(14,15)16)10(8-9)12(17)18/h4-5,8H,3,6-7H2,1-2H3,(H3,17,18). The maximum atomic E-state index is 12.8. The molecular weight excluding hydrogens is 271 g/mol. The number of nitrogen functional groups attached to an aromatic ring is 1. The van der Waals surface area contributed by atoms with Crippen molar-refractivity contribution in [3.63, 3.8) is 0 Å². The minimum Gasteiger partial charge on any atom is -0.384 e. The molecule has 3 N–H and O–H groups in total. The highest BCUT2D eigenvalue weighted by Gasteiger charge is 2.34. The number of anilines is 1. The topological polar surface area (TPSA) is 62.3 Å². The molecule has 0 fully saturated rings. The Morgan fingerprint density at radius 3 is 2.55 bits per heavy atom. The summed E-state index contributed by atoms with van der Waals surface area (Å²) in [4.78, 5) is 1.75. The Hall–Kier alpha value is -1.76. The predicted molar refractivity (Wildman–Crippen MR) is 72.2 cm³/mol. The zero-order chi connectivity index (χ0) is 15.3. The number of hydrogen-bond acceptors (Lipinski definition) is 3. The van der Waals surface area contributed by atoms with Crippen LogP contribution in [0.3, 0.4) is 0 Å². The smallest absolute Gasteiger partial charge is 0.384 e. The van der Waals surface area contributed by atoms with Crippen LogP contribution in [0.2, 0.25) is 0 Å². The van der Waals surface area contributed by atoms with Crippen LogP contribution in [0.4, 0.5) is 18.9 Å². The molecule has 0 spiro atoms. The van der Waals surface area contributed by atoms with E-state index < -0.39 is 17.6 Å². The van der Waals surface area contributed by atoms with Crippen molar-refractivity contribution in [1.29, 1.82) is 5.41 Å². The van der Waals surface area contributed by atoms with Crippen molar-refractivity contribution in [3.8, 4) is 0 Å². The molecule has 0 aliphatic rings. The molecule has 0 aliphatic carbocycles. The molecule has 0 bridgehead atoms. The Labute approximate surface area is 115 Å². The van der Waals surface area contributed by atoms with Crippen molar-refractivity contribution < 1.29 is 17.9 Å². The van der Waals surface area contributed by atoms with E-state index in [1.807, 2.05) is 6.92 Å². The molecule has 0 unspecified atom stereocenters. The van der Waals surface area contributed by atoms with Crippen LogP contribution in [0.5, 0.6) is 0 Å². The van der Waals surface area contributed by atoms with Gasteiger partial charge >= 0.3 is 6.18 Å². The van der Waals surface area contributed by atoms with Crippen LogP contribution in [-0.2, 0) is 10.9 Å². The van der Waals surface area contributed by atoms with E-state index in [0.717, 1.165) is 6.07 Å². The van der Waals surface area contributed by atoms with Crippen LogP contribution in [0.25, 0.3) is 0 Å². The fourth-order valence-electron chi connectivity index (χ4n) is 1.71. The van der Waals surface area contributed by atoms with Gasteiger partial charge in [-0.15, -0.1) is 0 Å². The van der Waals surface area contributed by atoms with Crippen molar-refractivity contribution in [1.82, 2.24) is 0 Å². The number of hydrogen-bond donors (Lipinski definition) is 2. The van der Waals surface area contributed by atoms with Gasteiger partial charge in [0.05, 0.1) is 12.2 Å². The summed E-state index contributed by atoms with van der Waals surface area (Å²) in [6, 6.07) is 3.58. The first-order valence-electron chi connectivity index (χ1n) is 6.12. The number of likely N-dealkylation sites (N-methyl/N-ethyl adjacent to an activating group) is 1. The van der Waals surface area contributed by atoms with Gasteiger partial charge in [0.25, 0.3) is 0 Å². The molecule has 1 rings (SSSR count). The number of benzene rings is 1. The first-order chi connectivity index (χ1) is 9.27. The van der Waals surface area contributed by atoms with E-state index in [-0.39, 0.29) is 5.56 Å². The number of nitrogens with one attached hydrogen (secondary N) is 1. The number of rotatable bonds is 6. The summed E-state index contributed by atoms with van der Waals surface area (Å²) in [7, 11) is 1.74. The molecule has 7 heteroatoms. The highest BCUT2D eigenvalue weighted by molar-refractivity contribution is 5.97. The Kier molecular flexibility index (Phi) is 5.38. The molecule has 1 aromatic rings. The normalized spacial score (nSPS) is 11.4. The molecule has 0 saturated heterocycles. The van der Waals surface area contributed by atoms with Gasteiger partial charge in [0.2, 0.25) is 0 Å². The SMILES string of the molecule is CCOCCN(C)c1ccc(C(F)(F)F)c(C(=N)N)c1. The fraction of sp³-hybridized carbons (Fsp3) is 0.462. The third kappa shape index (κ3) is 4.12. The predicted octanol–water partition coefficient (Wildman–Crippen LogP) is 2.46. The van der Waals surface area contributed by atoms with Crippen molar-refractivity contribution in [2.75, 3.05) is 31.7 Å². The van der Waals surface area contributed by atoms with Gasteiger partial charge in [-0.2, -0.15) is 13.2 Å². The Balaban J connectivity index is 3.02. The summed E-state index contributed by atoms with van der Waals surface area (Å²) in [5.74, 6) is -0.600. The van der Waals surface area contributed by atoms with Crippen molar-refractivity contribution in [2.24, 2.45) is 5.73 Å². The Bertz CT molecular complexity index is 474. The van der Waals surface area contributed by atoms with Gasteiger partial charge < -0.3 is 15.4 Å². The quantitative estimate of drug-likeness (QED) is 0.480. The third-order valence-corrected chi connectivity index (χ3v) is 2.81. The average molecular weight is 289 g/mol. The summed E-state index contributed by atoms with van der Waals surface area (Å²) in [6.45, 7) is 3.46. The number of nitrogens with two attached hydrogens (primary N) is 1. The second kappa shape index (κ2) is 6.60. The molecule has 1 aromatic carbocycles. The second-order valence-electron chi connectivity index (χ2n) is 4.26. The van der Waals surface area contributed by atoms with E-state index in [9.17, 15) is 13.2 Å². The van der Waals surface area contributed by atoms with Crippen molar-refractivity contribution >= 4 is 11.5 Å². The number of ether oxygens (including phenoxy) is 1. The van der Waals surface area contributed by atoms with Gasteiger partial charge in [0, 0.05) is 31.5 Å². The fourth-order valence-corrected chi connectivity index (χ4v) is 1.71. The average Bonchev–Trinajstić information content (AvgIpc) is 2.37. The molecule has 0 amide bonds. The first-order valence-corrected chi connectivity index (χ1v) is 6.12. The van der Waals surface area contributed by atoms with E-state index in [4.69, 9.17) is 15.9 Å². The van der Waals surface area contributed by atoms with Crippen LogP contribution >= 0.6 is 0 Å². The third-order valence-electron chi connectivity index (χ3n) is 2.81. The summed E-state index contributed by atoms with van der Waals surface area (Å²) < 4.78 is 43.6. The molecule has 112 valence electrons. The van der Waals surface area contributed by atoms with Crippen molar-refractivity contribution in [3.05, 3.63) is 29.3 Å². The molecular formula is C13H18F3N3O. The minimum absolute atomic E-state index is 0.307. The number of halogens is 3. The maximum absolute atomic E-state index is 12.8. The van der Waals surface area contributed by atoms with E-state index >= 15 is 0 Å². The van der Waals surface area contributed by atoms with Gasteiger partial charge in [-0.05, 0) is 25.1 Å². The molecule has 0 atom stereocenters. The molecule has 20 heavy (non-hydrogen) atoms. The number of alkyl halides is 3. The second-order valence-corrected chi connectivity index (χ2v) is 4.26. The van der Waals surface area contributed by atoms with Crippen molar-refractivity contribution in [2.45, 2.75) is 13.1 Å². The monoisotopic (exact) mass is 289 g/mol. The molecule has 0 heterocycles. The summed E-state index contributed by atoms with van der Waals surface area (Å²) >= 11 is 0. The lowest BCUT2D eigenvalue weighted by molar-refractivity contribution is -0.137. The Morgan fingerprint density at radius 2 is 2.05 bits per heavy atom. The number of nitrogens with zero attached hydrogens (tertiary/aromatic N) is 1. The molecule has 0 saturated carbocycles. The minimum atomic E-state index is -4.52. The molecule has 0 aromatic heterocycles. The molecule has 0 aliphatic heterocycles. The first kappa shape index (κ1) is 16.3. The van der Waals surface area contributed by atoms with E-state index in [1.54, 1.807) is 11.9 Å². The summed E-state index contributed by atoms with van der Waals surface area (Å²) in [5, 5.41) is 7.30. The molecule has 4 nitrogen and oxygen atoms in total. The number of amidine groups is 1. The van der Waals surface area contributed by atoms with Gasteiger partial charge in [0.1, 0.15) is 5.84 Å². The Morgan fingerprint density at radius 1 is 1.40 bits per heavy atom. The largest absolute Gasteiger partial charge is 0.417 e. The maximum Gasteiger partial charge on any atom is 0.417 e. The van der Waals surface area contributed by atoms with E-state index in [0.29, 0.717) is 25.4 Å². The summed E-state index contributed by atoms with van der Waals surface area (Å²) in [5.41, 5.74) is 4.60. The van der Waals surface area contributed by atoms with Crippen LogP contribution in [0.15, 0.2) is 18.2 Å². The summed E-state index contributed by atoms with van der Waals surface area (Å²) in [6.07, 6.45) is -4.52. The lowest BCUT2D eigenvalue weighted by atomic mass is 10.0. The van der Waals surface area contributed by atoms with E-state index in [2.05, 4.69) is 0 Å². The van der Waals surface area contributed by atoms with Crippen LogP contribution in [0, 0.1) is 5.41 Å². The lowest BCUT2D eigenvalue weighted by Gasteiger charge is -2.21. The zero-order valence-corrected chi connectivity index (χ0v) is 11.4. The van der Waals surface area contributed by atoms with Crippen LogP contribution in [-0.4, -0.2) is 32.6 Å². The zero-order valence-electron chi connectivity index (χ0n) is 11.4. The molecule has 0 radical (unpaired) electrons.